The summed E-state index contributed by atoms with van der Waals surface area (Å²) in [5, 5.41) is 7.55. The third-order valence-electron chi connectivity index (χ3n) is 5.63. The monoisotopic (exact) mass is 568 g/mol. The van der Waals surface area contributed by atoms with Crippen molar-refractivity contribution < 1.29 is 13.2 Å². The zero-order valence-corrected chi connectivity index (χ0v) is 21.8. The van der Waals surface area contributed by atoms with Crippen molar-refractivity contribution in [3.63, 3.8) is 0 Å². The average Bonchev–Trinajstić information content (AvgIpc) is 3.36. The number of likely N-dealkylation sites (tertiary alicyclic amines) is 1. The Balaban J connectivity index is 0.00000341. The molecule has 11 heteroatoms. The Labute approximate surface area is 203 Å². The molecule has 31 heavy (non-hydrogen) atoms. The van der Waals surface area contributed by atoms with Crippen molar-refractivity contribution in [2.45, 2.75) is 45.1 Å². The second-order valence-electron chi connectivity index (χ2n) is 8.22. The van der Waals surface area contributed by atoms with Crippen LogP contribution < -0.4 is 10.0 Å². The lowest BCUT2D eigenvalue weighted by molar-refractivity contribution is 0.0200. The first-order chi connectivity index (χ1) is 14.4. The van der Waals surface area contributed by atoms with Crippen molar-refractivity contribution in [1.29, 1.82) is 0 Å². The predicted octanol–water partition coefficient (Wildman–Crippen LogP) is 1.36. The number of hydrogen-bond donors (Lipinski definition) is 2. The summed E-state index contributed by atoms with van der Waals surface area (Å²) in [5.74, 6) is 1.35. The molecule has 2 N–H and O–H groups in total. The standard InChI is InChI=1S/C20H36N6O3S.HI/c1-3-21-20(26-9-7-17(16-26)12-18-13-23-25(2)15-18)22-8-11-30(27,28)24-14-19-6-4-5-10-29-19;/h13,15,17,19,24H,3-12,14,16H2,1-2H3,(H,21,22);1H. The van der Waals surface area contributed by atoms with Gasteiger partial charge in [-0.05, 0) is 50.5 Å². The van der Waals surface area contributed by atoms with Gasteiger partial charge in [0.1, 0.15) is 0 Å². The molecule has 2 fully saturated rings. The Morgan fingerprint density at radius 3 is 2.87 bits per heavy atom. The summed E-state index contributed by atoms with van der Waals surface area (Å²) in [5.41, 5.74) is 1.26. The van der Waals surface area contributed by atoms with Crippen LogP contribution in [0.4, 0.5) is 0 Å². The predicted molar refractivity (Wildman–Crippen MR) is 133 cm³/mol. The molecule has 0 aromatic carbocycles. The largest absolute Gasteiger partial charge is 0.377 e. The van der Waals surface area contributed by atoms with E-state index in [0.29, 0.717) is 12.5 Å². The molecular formula is C20H37IN6O3S. The van der Waals surface area contributed by atoms with Gasteiger partial charge in [0.25, 0.3) is 0 Å². The molecule has 0 aliphatic carbocycles. The van der Waals surface area contributed by atoms with Gasteiger partial charge in [-0.25, -0.2) is 13.1 Å². The molecule has 0 spiro atoms. The highest BCUT2D eigenvalue weighted by Gasteiger charge is 2.25. The molecule has 2 aliphatic rings. The summed E-state index contributed by atoms with van der Waals surface area (Å²) in [4.78, 5) is 6.82. The Bertz CT molecular complexity index is 795. The molecule has 3 heterocycles. The molecule has 3 rings (SSSR count). The normalized spacial score (nSPS) is 22.4. The number of aliphatic imine (C=N–C) groups is 1. The molecule has 0 bridgehead atoms. The van der Waals surface area contributed by atoms with Gasteiger partial charge in [-0.15, -0.1) is 24.0 Å². The maximum atomic E-state index is 12.3. The van der Waals surface area contributed by atoms with Crippen LogP contribution in [0.25, 0.3) is 0 Å². The molecule has 1 aromatic rings. The molecule has 2 aliphatic heterocycles. The summed E-state index contributed by atoms with van der Waals surface area (Å²) >= 11 is 0. The molecule has 9 nitrogen and oxygen atoms in total. The second-order valence-corrected chi connectivity index (χ2v) is 10.1. The van der Waals surface area contributed by atoms with Crippen LogP contribution in [-0.4, -0.2) is 80.2 Å². The van der Waals surface area contributed by atoms with E-state index in [9.17, 15) is 8.42 Å². The van der Waals surface area contributed by atoms with Gasteiger partial charge in [0.05, 0.1) is 24.6 Å². The van der Waals surface area contributed by atoms with Crippen LogP contribution in [0.1, 0.15) is 38.2 Å². The van der Waals surface area contributed by atoms with Crippen LogP contribution in [0.2, 0.25) is 0 Å². The maximum absolute atomic E-state index is 12.3. The summed E-state index contributed by atoms with van der Waals surface area (Å²) < 4.78 is 34.7. The Morgan fingerprint density at radius 1 is 1.35 bits per heavy atom. The van der Waals surface area contributed by atoms with E-state index in [2.05, 4.69) is 31.2 Å². The van der Waals surface area contributed by atoms with E-state index in [1.54, 1.807) is 0 Å². The lowest BCUT2D eigenvalue weighted by atomic mass is 10.0. The topological polar surface area (TPSA) is 101 Å². The number of hydrogen-bond acceptors (Lipinski definition) is 5. The van der Waals surface area contributed by atoms with Crippen LogP contribution in [0.5, 0.6) is 0 Å². The smallest absolute Gasteiger partial charge is 0.213 e. The number of rotatable bonds is 9. The number of ether oxygens (including phenoxy) is 1. The molecule has 0 saturated carbocycles. The van der Waals surface area contributed by atoms with Crippen LogP contribution in [0.15, 0.2) is 17.4 Å². The molecular weight excluding hydrogens is 531 g/mol. The number of halogens is 1. The first-order valence-electron chi connectivity index (χ1n) is 11.0. The summed E-state index contributed by atoms with van der Waals surface area (Å²) in [7, 11) is -1.42. The maximum Gasteiger partial charge on any atom is 0.213 e. The third kappa shape index (κ3) is 8.85. The van der Waals surface area contributed by atoms with Gasteiger partial charge in [-0.3, -0.25) is 9.67 Å². The number of aromatic nitrogens is 2. The highest BCUT2D eigenvalue weighted by molar-refractivity contribution is 14.0. The SMILES string of the molecule is CCNC(=NCCS(=O)(=O)NCC1CCCCO1)N1CCC(Cc2cnn(C)c2)C1.I. The van der Waals surface area contributed by atoms with Crippen LogP contribution in [-0.2, 0) is 28.2 Å². The molecule has 0 radical (unpaired) electrons. The van der Waals surface area contributed by atoms with Crippen molar-refractivity contribution in [2.75, 3.05) is 45.1 Å². The Morgan fingerprint density at radius 2 is 2.19 bits per heavy atom. The minimum absolute atomic E-state index is 0. The van der Waals surface area contributed by atoms with Gasteiger partial charge < -0.3 is 15.0 Å². The highest BCUT2D eigenvalue weighted by Crippen LogP contribution is 2.20. The van der Waals surface area contributed by atoms with Crippen LogP contribution >= 0.6 is 24.0 Å². The number of aryl methyl sites for hydroxylation is 1. The van der Waals surface area contributed by atoms with Crippen molar-refractivity contribution >= 4 is 40.0 Å². The van der Waals surface area contributed by atoms with Crippen molar-refractivity contribution in [3.8, 4) is 0 Å². The highest BCUT2D eigenvalue weighted by atomic mass is 127. The summed E-state index contributed by atoms with van der Waals surface area (Å²) in [6.45, 7) is 5.96. The lowest BCUT2D eigenvalue weighted by Gasteiger charge is -2.23. The van der Waals surface area contributed by atoms with Gasteiger partial charge in [-0.2, -0.15) is 5.10 Å². The summed E-state index contributed by atoms with van der Waals surface area (Å²) in [6, 6.07) is 0. The fourth-order valence-corrected chi connectivity index (χ4v) is 4.98. The van der Waals surface area contributed by atoms with Crippen molar-refractivity contribution in [3.05, 3.63) is 18.0 Å². The van der Waals surface area contributed by atoms with Crippen molar-refractivity contribution in [1.82, 2.24) is 24.7 Å². The third-order valence-corrected chi connectivity index (χ3v) is 6.96. The minimum Gasteiger partial charge on any atom is -0.377 e. The lowest BCUT2D eigenvalue weighted by Crippen LogP contribution is -2.41. The van der Waals surface area contributed by atoms with E-state index in [1.165, 1.54) is 5.56 Å². The van der Waals surface area contributed by atoms with Crippen LogP contribution in [0.3, 0.4) is 0 Å². The van der Waals surface area contributed by atoms with E-state index in [0.717, 1.165) is 64.3 Å². The van der Waals surface area contributed by atoms with Gasteiger partial charge in [0, 0.05) is 46.0 Å². The van der Waals surface area contributed by atoms with E-state index in [4.69, 9.17) is 4.74 Å². The Hall–Kier alpha value is -0.920. The number of nitrogens with zero attached hydrogens (tertiary/aromatic N) is 4. The number of nitrogens with one attached hydrogen (secondary N) is 2. The number of guanidine groups is 1. The van der Waals surface area contributed by atoms with E-state index in [1.807, 2.05) is 24.9 Å². The van der Waals surface area contributed by atoms with E-state index in [-0.39, 0.29) is 42.4 Å². The minimum atomic E-state index is -3.36. The fourth-order valence-electron chi connectivity index (χ4n) is 4.06. The van der Waals surface area contributed by atoms with Gasteiger partial charge in [-0.1, -0.05) is 0 Å². The van der Waals surface area contributed by atoms with Gasteiger partial charge >= 0.3 is 0 Å². The average molecular weight is 569 g/mol. The molecule has 0 amide bonds. The first kappa shape index (κ1) is 26.3. The van der Waals surface area contributed by atoms with E-state index < -0.39 is 10.0 Å². The second kappa shape index (κ2) is 12.9. The first-order valence-corrected chi connectivity index (χ1v) is 12.7. The Kier molecular flexibility index (Phi) is 11.0. The molecule has 2 unspecified atom stereocenters. The zero-order chi connectivity index (χ0) is 21.4. The zero-order valence-electron chi connectivity index (χ0n) is 18.6. The molecule has 1 aromatic heterocycles. The number of sulfonamides is 1. The fraction of sp³-hybridized carbons (Fsp3) is 0.800. The van der Waals surface area contributed by atoms with Gasteiger partial charge in [0.15, 0.2) is 5.96 Å². The van der Waals surface area contributed by atoms with Gasteiger partial charge in [0.2, 0.25) is 10.0 Å². The summed E-state index contributed by atoms with van der Waals surface area (Å²) in [6.07, 6.45) is 9.17. The quantitative estimate of drug-likeness (QED) is 0.265. The van der Waals surface area contributed by atoms with Crippen LogP contribution in [0, 0.1) is 5.92 Å². The molecule has 2 atom stereocenters. The van der Waals surface area contributed by atoms with E-state index >= 15 is 0 Å². The molecule has 2 saturated heterocycles. The molecule has 178 valence electrons. The van der Waals surface area contributed by atoms with Crippen molar-refractivity contribution in [2.24, 2.45) is 18.0 Å².